The third kappa shape index (κ3) is 4.41. The molecule has 0 aromatic heterocycles. The van der Waals surface area contributed by atoms with Crippen LogP contribution in [-0.2, 0) is 19.0 Å². The van der Waals surface area contributed by atoms with Crippen LogP contribution in [0.4, 0.5) is 0 Å². The smallest absolute Gasteiger partial charge is 0.227 e. The largest absolute Gasteiger partial charge is 0.382 e. The highest BCUT2D eigenvalue weighted by molar-refractivity contribution is 5.82. The Bertz CT molecular complexity index is 301. The molecule has 0 radical (unpaired) electrons. The van der Waals surface area contributed by atoms with Gasteiger partial charge in [0.25, 0.3) is 0 Å². The van der Waals surface area contributed by atoms with E-state index >= 15 is 0 Å². The SMILES string of the molecule is COCCOCCOCCN1CC2NCCCC2C1=O. The summed E-state index contributed by atoms with van der Waals surface area (Å²) in [6.07, 6.45) is 2.14. The van der Waals surface area contributed by atoms with Gasteiger partial charge < -0.3 is 24.4 Å². The molecule has 2 saturated heterocycles. The van der Waals surface area contributed by atoms with Crippen LogP contribution in [0, 0.1) is 5.92 Å². The van der Waals surface area contributed by atoms with Gasteiger partial charge in [-0.05, 0) is 19.4 Å². The predicted molar refractivity (Wildman–Crippen MR) is 74.6 cm³/mol. The summed E-state index contributed by atoms with van der Waals surface area (Å²) in [5.41, 5.74) is 0. The number of nitrogens with one attached hydrogen (secondary N) is 1. The van der Waals surface area contributed by atoms with Gasteiger partial charge in [0.05, 0.1) is 39.0 Å². The van der Waals surface area contributed by atoms with Crippen LogP contribution in [0.2, 0.25) is 0 Å². The van der Waals surface area contributed by atoms with E-state index in [9.17, 15) is 4.79 Å². The summed E-state index contributed by atoms with van der Waals surface area (Å²) in [6, 6.07) is 0.355. The summed E-state index contributed by atoms with van der Waals surface area (Å²) < 4.78 is 15.7. The molecule has 1 amide bonds. The zero-order valence-corrected chi connectivity index (χ0v) is 12.3. The van der Waals surface area contributed by atoms with Crippen molar-refractivity contribution in [2.45, 2.75) is 18.9 Å². The molecular formula is C14H26N2O4. The van der Waals surface area contributed by atoms with Crippen molar-refractivity contribution in [3.63, 3.8) is 0 Å². The van der Waals surface area contributed by atoms with Crippen LogP contribution < -0.4 is 5.32 Å². The summed E-state index contributed by atoms with van der Waals surface area (Å²) in [4.78, 5) is 14.1. The monoisotopic (exact) mass is 286 g/mol. The number of carbonyl (C=O) groups is 1. The van der Waals surface area contributed by atoms with E-state index in [2.05, 4.69) is 5.32 Å². The Morgan fingerprint density at radius 3 is 2.70 bits per heavy atom. The Hall–Kier alpha value is -0.690. The molecule has 2 unspecified atom stereocenters. The second kappa shape index (κ2) is 8.56. The van der Waals surface area contributed by atoms with Crippen LogP contribution in [-0.4, -0.2) is 76.6 Å². The van der Waals surface area contributed by atoms with E-state index < -0.39 is 0 Å². The lowest BCUT2D eigenvalue weighted by Crippen LogP contribution is -2.41. The maximum atomic E-state index is 12.2. The fourth-order valence-electron chi connectivity index (χ4n) is 2.84. The van der Waals surface area contributed by atoms with Crippen molar-refractivity contribution in [1.82, 2.24) is 10.2 Å². The van der Waals surface area contributed by atoms with E-state index in [1.165, 1.54) is 0 Å². The van der Waals surface area contributed by atoms with Gasteiger partial charge in [0, 0.05) is 26.2 Å². The molecule has 6 heteroatoms. The highest BCUT2D eigenvalue weighted by Gasteiger charge is 2.40. The van der Waals surface area contributed by atoms with E-state index in [1.807, 2.05) is 4.90 Å². The average Bonchev–Trinajstić information content (AvgIpc) is 2.79. The van der Waals surface area contributed by atoms with Crippen molar-refractivity contribution in [2.24, 2.45) is 5.92 Å². The molecule has 2 aliphatic rings. The Labute approximate surface area is 120 Å². The van der Waals surface area contributed by atoms with Crippen LogP contribution in [0.25, 0.3) is 0 Å². The Balaban J connectivity index is 1.53. The number of piperidine rings is 1. The second-order valence-electron chi connectivity index (χ2n) is 5.31. The molecule has 20 heavy (non-hydrogen) atoms. The summed E-state index contributed by atoms with van der Waals surface area (Å²) >= 11 is 0. The van der Waals surface area contributed by atoms with E-state index in [-0.39, 0.29) is 5.92 Å². The van der Waals surface area contributed by atoms with E-state index in [0.29, 0.717) is 51.5 Å². The molecule has 2 aliphatic heterocycles. The van der Waals surface area contributed by atoms with Gasteiger partial charge in [-0.2, -0.15) is 0 Å². The van der Waals surface area contributed by atoms with Gasteiger partial charge >= 0.3 is 0 Å². The minimum absolute atomic E-state index is 0.195. The van der Waals surface area contributed by atoms with Gasteiger partial charge in [0.15, 0.2) is 0 Å². The van der Waals surface area contributed by atoms with Crippen LogP contribution in [0.5, 0.6) is 0 Å². The first-order valence-electron chi connectivity index (χ1n) is 7.49. The molecule has 0 aromatic carbocycles. The number of nitrogens with zero attached hydrogens (tertiary/aromatic N) is 1. The zero-order valence-electron chi connectivity index (χ0n) is 12.3. The molecule has 0 bridgehead atoms. The quantitative estimate of drug-likeness (QED) is 0.599. The van der Waals surface area contributed by atoms with Gasteiger partial charge in [-0.25, -0.2) is 0 Å². The number of amides is 1. The Morgan fingerprint density at radius 1 is 1.20 bits per heavy atom. The molecule has 0 spiro atoms. The number of ether oxygens (including phenoxy) is 3. The minimum atomic E-state index is 0.195. The fourth-order valence-corrected chi connectivity index (χ4v) is 2.84. The molecule has 2 atom stereocenters. The molecule has 6 nitrogen and oxygen atoms in total. The topological polar surface area (TPSA) is 60.0 Å². The van der Waals surface area contributed by atoms with Crippen LogP contribution in [0.1, 0.15) is 12.8 Å². The number of hydrogen-bond acceptors (Lipinski definition) is 5. The standard InChI is InChI=1S/C14H26N2O4/c1-18-7-8-20-10-9-19-6-5-16-11-13-12(14(16)17)3-2-4-15-13/h12-13,15H,2-11H2,1H3. The van der Waals surface area contributed by atoms with Crippen molar-refractivity contribution in [3.05, 3.63) is 0 Å². The average molecular weight is 286 g/mol. The molecular weight excluding hydrogens is 260 g/mol. The number of rotatable bonds is 9. The van der Waals surface area contributed by atoms with Crippen molar-refractivity contribution in [2.75, 3.05) is 59.8 Å². The maximum Gasteiger partial charge on any atom is 0.227 e. The van der Waals surface area contributed by atoms with Crippen molar-refractivity contribution < 1.29 is 19.0 Å². The zero-order chi connectivity index (χ0) is 14.2. The summed E-state index contributed by atoms with van der Waals surface area (Å²) in [6.45, 7) is 5.48. The third-order valence-corrected chi connectivity index (χ3v) is 3.94. The van der Waals surface area contributed by atoms with Crippen molar-refractivity contribution in [3.8, 4) is 0 Å². The van der Waals surface area contributed by atoms with E-state index in [4.69, 9.17) is 14.2 Å². The number of fused-ring (bicyclic) bond motifs is 1. The maximum absolute atomic E-state index is 12.2. The second-order valence-corrected chi connectivity index (χ2v) is 5.31. The molecule has 2 heterocycles. The number of likely N-dealkylation sites (tertiary alicyclic amines) is 1. The Morgan fingerprint density at radius 2 is 1.95 bits per heavy atom. The van der Waals surface area contributed by atoms with Crippen LogP contribution in [0.3, 0.4) is 0 Å². The van der Waals surface area contributed by atoms with Gasteiger partial charge in [-0.1, -0.05) is 0 Å². The number of methoxy groups -OCH3 is 1. The van der Waals surface area contributed by atoms with Crippen molar-refractivity contribution in [1.29, 1.82) is 0 Å². The molecule has 0 saturated carbocycles. The van der Waals surface area contributed by atoms with Crippen LogP contribution in [0.15, 0.2) is 0 Å². The van der Waals surface area contributed by atoms with Gasteiger partial charge in [0.1, 0.15) is 0 Å². The number of hydrogen-bond donors (Lipinski definition) is 1. The lowest BCUT2D eigenvalue weighted by molar-refractivity contribution is -0.132. The van der Waals surface area contributed by atoms with E-state index in [1.54, 1.807) is 7.11 Å². The first-order chi connectivity index (χ1) is 9.83. The lowest BCUT2D eigenvalue weighted by Gasteiger charge is -2.23. The van der Waals surface area contributed by atoms with Crippen LogP contribution >= 0.6 is 0 Å². The van der Waals surface area contributed by atoms with Gasteiger partial charge in [-0.15, -0.1) is 0 Å². The summed E-state index contributed by atoms with van der Waals surface area (Å²) in [5.74, 6) is 0.489. The molecule has 116 valence electrons. The van der Waals surface area contributed by atoms with Gasteiger partial charge in [0.2, 0.25) is 5.91 Å². The molecule has 0 aliphatic carbocycles. The molecule has 1 N–H and O–H groups in total. The highest BCUT2D eigenvalue weighted by atomic mass is 16.5. The molecule has 0 aromatic rings. The normalized spacial score (nSPS) is 26.1. The summed E-state index contributed by atoms with van der Waals surface area (Å²) in [5, 5.41) is 3.44. The minimum Gasteiger partial charge on any atom is -0.382 e. The van der Waals surface area contributed by atoms with Gasteiger partial charge in [-0.3, -0.25) is 4.79 Å². The Kier molecular flexibility index (Phi) is 6.72. The number of carbonyl (C=O) groups excluding carboxylic acids is 1. The van der Waals surface area contributed by atoms with Crippen molar-refractivity contribution >= 4 is 5.91 Å². The summed E-state index contributed by atoms with van der Waals surface area (Å²) in [7, 11) is 1.65. The van der Waals surface area contributed by atoms with E-state index in [0.717, 1.165) is 25.9 Å². The highest BCUT2D eigenvalue weighted by Crippen LogP contribution is 2.25. The molecule has 2 rings (SSSR count). The fraction of sp³-hybridized carbons (Fsp3) is 0.929. The molecule has 2 fully saturated rings. The lowest BCUT2D eigenvalue weighted by atomic mass is 9.94. The third-order valence-electron chi connectivity index (χ3n) is 3.94. The first kappa shape index (κ1) is 15.7. The first-order valence-corrected chi connectivity index (χ1v) is 7.49. The predicted octanol–water partition coefficient (Wildman–Crippen LogP) is -0.124.